The Kier molecular flexibility index (Phi) is 3.69. The second kappa shape index (κ2) is 5.64. The van der Waals surface area contributed by atoms with E-state index in [1.54, 1.807) is 25.4 Å². The minimum Gasteiger partial charge on any atom is -0.373 e. The van der Waals surface area contributed by atoms with Crippen molar-refractivity contribution in [2.75, 3.05) is 12.4 Å². The highest BCUT2D eigenvalue weighted by atomic mass is 19.1. The Bertz CT molecular complexity index is 663. The van der Waals surface area contributed by atoms with Crippen LogP contribution in [0.15, 0.2) is 36.5 Å². The fourth-order valence-corrected chi connectivity index (χ4v) is 2.50. The number of hydrogen-bond acceptors (Lipinski definition) is 3. The van der Waals surface area contributed by atoms with Gasteiger partial charge in [0.2, 0.25) is 0 Å². The lowest BCUT2D eigenvalue weighted by Crippen LogP contribution is -2.22. The predicted molar refractivity (Wildman–Crippen MR) is 80.8 cm³/mol. The molecule has 0 unspecified atom stereocenters. The molecule has 1 heterocycles. The number of nitrogens with one attached hydrogen (secondary N) is 1. The summed E-state index contributed by atoms with van der Waals surface area (Å²) in [5, 5.41) is 2.94. The van der Waals surface area contributed by atoms with E-state index in [0.29, 0.717) is 0 Å². The third kappa shape index (κ3) is 2.66. The number of carbonyl (C=O) groups is 1. The molecule has 0 aliphatic heterocycles. The van der Waals surface area contributed by atoms with Crippen LogP contribution >= 0.6 is 0 Å². The van der Waals surface area contributed by atoms with Crippen LogP contribution in [0, 0.1) is 11.7 Å². The van der Waals surface area contributed by atoms with Crippen molar-refractivity contribution >= 4 is 11.6 Å². The number of carbonyl (C=O) groups excluding carboxylic acids is 1. The first-order chi connectivity index (χ1) is 10.2. The number of anilines is 1. The predicted octanol–water partition coefficient (Wildman–Crippen LogP) is 3.91. The van der Waals surface area contributed by atoms with Gasteiger partial charge in [0.15, 0.2) is 5.78 Å². The minimum absolute atomic E-state index is 0.0157. The van der Waals surface area contributed by atoms with Crippen molar-refractivity contribution < 1.29 is 9.18 Å². The number of rotatable bonds is 4. The van der Waals surface area contributed by atoms with Crippen molar-refractivity contribution in [2.24, 2.45) is 5.92 Å². The summed E-state index contributed by atoms with van der Waals surface area (Å²) in [5.41, 5.74) is 1.77. The zero-order chi connectivity index (χ0) is 14.8. The number of aromatic nitrogens is 1. The Morgan fingerprint density at radius 2 is 2.00 bits per heavy atom. The molecule has 0 saturated heterocycles. The first-order valence-corrected chi connectivity index (χ1v) is 7.17. The number of hydrogen-bond donors (Lipinski definition) is 1. The van der Waals surface area contributed by atoms with Crippen molar-refractivity contribution in [3.63, 3.8) is 0 Å². The molecule has 3 nitrogen and oxygen atoms in total. The summed E-state index contributed by atoms with van der Waals surface area (Å²) in [6.45, 7) is 0. The highest BCUT2D eigenvalue weighted by Crippen LogP contribution is 2.31. The van der Waals surface area contributed by atoms with E-state index < -0.39 is 5.82 Å². The van der Waals surface area contributed by atoms with Gasteiger partial charge in [0.05, 0.1) is 5.56 Å². The van der Waals surface area contributed by atoms with Crippen LogP contribution in [0.5, 0.6) is 0 Å². The molecule has 2 aromatic rings. The summed E-state index contributed by atoms with van der Waals surface area (Å²) in [7, 11) is 1.79. The molecular formula is C17H17FN2O. The van der Waals surface area contributed by atoms with Gasteiger partial charge in [-0.25, -0.2) is 9.37 Å². The van der Waals surface area contributed by atoms with E-state index in [9.17, 15) is 9.18 Å². The Morgan fingerprint density at radius 1 is 1.24 bits per heavy atom. The van der Waals surface area contributed by atoms with Gasteiger partial charge in [-0.3, -0.25) is 4.79 Å². The van der Waals surface area contributed by atoms with Gasteiger partial charge in [-0.05, 0) is 42.7 Å². The summed E-state index contributed by atoms with van der Waals surface area (Å²) in [6, 6.07) is 8.51. The van der Waals surface area contributed by atoms with Gasteiger partial charge in [0.25, 0.3) is 0 Å². The number of ketones is 1. The summed E-state index contributed by atoms with van der Waals surface area (Å²) in [4.78, 5) is 16.3. The fourth-order valence-electron chi connectivity index (χ4n) is 2.50. The summed E-state index contributed by atoms with van der Waals surface area (Å²) < 4.78 is 14.2. The fraction of sp³-hybridized carbons (Fsp3) is 0.294. The maximum absolute atomic E-state index is 14.2. The van der Waals surface area contributed by atoms with E-state index in [0.717, 1.165) is 36.2 Å². The lowest BCUT2D eigenvalue weighted by molar-refractivity contribution is 0.0851. The molecule has 1 saturated carbocycles. The zero-order valence-corrected chi connectivity index (χ0v) is 11.9. The lowest BCUT2D eigenvalue weighted by Gasteiger charge is -2.24. The van der Waals surface area contributed by atoms with Gasteiger partial charge in [-0.2, -0.15) is 0 Å². The molecular weight excluding hydrogens is 267 g/mol. The third-order valence-electron chi connectivity index (χ3n) is 4.06. The summed E-state index contributed by atoms with van der Waals surface area (Å²) in [6.07, 6.45) is 4.53. The van der Waals surface area contributed by atoms with Gasteiger partial charge in [-0.15, -0.1) is 0 Å². The molecule has 0 atom stereocenters. The monoisotopic (exact) mass is 284 g/mol. The molecule has 1 N–H and O–H groups in total. The average molecular weight is 284 g/mol. The smallest absolute Gasteiger partial charge is 0.168 e. The second-order valence-corrected chi connectivity index (χ2v) is 5.37. The van der Waals surface area contributed by atoms with Gasteiger partial charge in [-0.1, -0.05) is 12.5 Å². The average Bonchev–Trinajstić information content (AvgIpc) is 2.45. The Morgan fingerprint density at radius 3 is 2.52 bits per heavy atom. The maximum atomic E-state index is 14.2. The van der Waals surface area contributed by atoms with Gasteiger partial charge in [0, 0.05) is 24.7 Å². The van der Waals surface area contributed by atoms with Crippen LogP contribution in [-0.2, 0) is 0 Å². The molecule has 0 radical (unpaired) electrons. The molecule has 21 heavy (non-hydrogen) atoms. The van der Waals surface area contributed by atoms with Gasteiger partial charge >= 0.3 is 0 Å². The van der Waals surface area contributed by atoms with Crippen molar-refractivity contribution in [3.8, 4) is 11.1 Å². The SMILES string of the molecule is CNc1ccc(-c2ccc(C(=O)C3CCC3)c(F)c2)cn1. The Labute approximate surface area is 123 Å². The van der Waals surface area contributed by atoms with Crippen LogP contribution in [0.4, 0.5) is 10.2 Å². The van der Waals surface area contributed by atoms with E-state index >= 15 is 0 Å². The van der Waals surface area contributed by atoms with Crippen LogP contribution in [0.1, 0.15) is 29.6 Å². The molecule has 3 rings (SSSR count). The molecule has 1 aliphatic carbocycles. The van der Waals surface area contributed by atoms with Gasteiger partial charge < -0.3 is 5.32 Å². The van der Waals surface area contributed by atoms with Crippen LogP contribution in [0.25, 0.3) is 11.1 Å². The summed E-state index contributed by atoms with van der Waals surface area (Å²) >= 11 is 0. The first kappa shape index (κ1) is 13.7. The third-order valence-corrected chi connectivity index (χ3v) is 4.06. The molecule has 108 valence electrons. The minimum atomic E-state index is -0.443. The number of pyridine rings is 1. The standard InChI is InChI=1S/C17H17FN2O/c1-19-16-8-6-13(10-20-16)12-5-7-14(15(18)9-12)17(21)11-3-2-4-11/h5-11H,2-4H2,1H3,(H,19,20). The van der Waals surface area contributed by atoms with Crippen LogP contribution in [0.2, 0.25) is 0 Å². The number of nitrogens with zero attached hydrogens (tertiary/aromatic N) is 1. The quantitative estimate of drug-likeness (QED) is 0.865. The highest BCUT2D eigenvalue weighted by Gasteiger charge is 2.28. The topological polar surface area (TPSA) is 42.0 Å². The van der Waals surface area contributed by atoms with E-state index in [4.69, 9.17) is 0 Å². The molecule has 0 bridgehead atoms. The lowest BCUT2D eigenvalue weighted by atomic mass is 9.79. The maximum Gasteiger partial charge on any atom is 0.168 e. The van der Waals surface area contributed by atoms with Crippen LogP contribution < -0.4 is 5.32 Å². The van der Waals surface area contributed by atoms with E-state index in [1.165, 1.54) is 6.07 Å². The number of benzene rings is 1. The van der Waals surface area contributed by atoms with E-state index in [-0.39, 0.29) is 17.3 Å². The molecule has 0 amide bonds. The van der Waals surface area contributed by atoms with Crippen molar-refractivity contribution in [2.45, 2.75) is 19.3 Å². The van der Waals surface area contributed by atoms with E-state index in [1.807, 2.05) is 12.1 Å². The number of halogens is 1. The Hall–Kier alpha value is -2.23. The van der Waals surface area contributed by atoms with Crippen molar-refractivity contribution in [1.29, 1.82) is 0 Å². The van der Waals surface area contributed by atoms with Gasteiger partial charge in [0.1, 0.15) is 11.6 Å². The largest absolute Gasteiger partial charge is 0.373 e. The molecule has 1 fully saturated rings. The molecule has 1 aromatic heterocycles. The highest BCUT2D eigenvalue weighted by molar-refractivity contribution is 5.99. The molecule has 0 spiro atoms. The van der Waals surface area contributed by atoms with Crippen LogP contribution in [-0.4, -0.2) is 17.8 Å². The van der Waals surface area contributed by atoms with Crippen molar-refractivity contribution in [1.82, 2.24) is 4.98 Å². The van der Waals surface area contributed by atoms with Crippen molar-refractivity contribution in [3.05, 3.63) is 47.9 Å². The van der Waals surface area contributed by atoms with E-state index in [2.05, 4.69) is 10.3 Å². The normalized spacial score (nSPS) is 14.6. The number of Topliss-reactive ketones (excluding diaryl/α,β-unsaturated/α-hetero) is 1. The summed E-state index contributed by atoms with van der Waals surface area (Å²) in [5.74, 6) is 0.272. The molecule has 1 aromatic carbocycles. The molecule has 1 aliphatic rings. The van der Waals surface area contributed by atoms with Crippen LogP contribution in [0.3, 0.4) is 0 Å². The Balaban J connectivity index is 1.87. The zero-order valence-electron chi connectivity index (χ0n) is 11.9. The molecule has 4 heteroatoms. The first-order valence-electron chi connectivity index (χ1n) is 7.17. The second-order valence-electron chi connectivity index (χ2n) is 5.37.